The van der Waals surface area contributed by atoms with Crippen molar-refractivity contribution in [2.24, 2.45) is 0 Å². The van der Waals surface area contributed by atoms with Crippen LogP contribution in [0.5, 0.6) is 0 Å². The predicted molar refractivity (Wildman–Crippen MR) is 70.2 cm³/mol. The molecule has 1 heterocycles. The molecular formula is C14H22N2O2. The van der Waals surface area contributed by atoms with Crippen LogP contribution in [-0.4, -0.2) is 24.0 Å². The van der Waals surface area contributed by atoms with Gasteiger partial charge in [0.05, 0.1) is 12.8 Å². The van der Waals surface area contributed by atoms with Gasteiger partial charge in [-0.05, 0) is 25.0 Å². The Morgan fingerprint density at radius 3 is 2.72 bits per heavy atom. The second-order valence-corrected chi connectivity index (χ2v) is 4.99. The molecule has 100 valence electrons. The fourth-order valence-corrected chi connectivity index (χ4v) is 2.51. The van der Waals surface area contributed by atoms with Gasteiger partial charge in [0, 0.05) is 13.1 Å². The number of urea groups is 1. The number of amides is 2. The molecule has 4 heteroatoms. The lowest BCUT2D eigenvalue weighted by atomic mass is 10.1. The van der Waals surface area contributed by atoms with Crippen LogP contribution in [-0.2, 0) is 6.54 Å². The Hall–Kier alpha value is -1.45. The minimum atomic E-state index is -0.00157. The van der Waals surface area contributed by atoms with Crippen LogP contribution in [0.1, 0.15) is 44.3 Å². The molecule has 2 rings (SSSR count). The third kappa shape index (κ3) is 3.52. The lowest BCUT2D eigenvalue weighted by Gasteiger charge is -2.27. The molecule has 0 saturated heterocycles. The Balaban J connectivity index is 1.79. The van der Waals surface area contributed by atoms with Crippen LogP contribution in [0.3, 0.4) is 0 Å². The highest BCUT2D eigenvalue weighted by molar-refractivity contribution is 5.74. The fourth-order valence-electron chi connectivity index (χ4n) is 2.51. The van der Waals surface area contributed by atoms with Crippen LogP contribution in [0.15, 0.2) is 22.8 Å². The molecular weight excluding hydrogens is 228 g/mol. The van der Waals surface area contributed by atoms with E-state index in [-0.39, 0.29) is 6.03 Å². The van der Waals surface area contributed by atoms with Gasteiger partial charge in [-0.25, -0.2) is 4.79 Å². The molecule has 1 N–H and O–H groups in total. The van der Waals surface area contributed by atoms with Crippen molar-refractivity contribution >= 4 is 6.03 Å². The molecule has 1 saturated carbocycles. The van der Waals surface area contributed by atoms with Crippen LogP contribution in [0.2, 0.25) is 0 Å². The van der Waals surface area contributed by atoms with Crippen molar-refractivity contribution in [3.63, 3.8) is 0 Å². The van der Waals surface area contributed by atoms with E-state index in [1.807, 2.05) is 24.1 Å². The van der Waals surface area contributed by atoms with Gasteiger partial charge >= 0.3 is 6.03 Å². The second-order valence-electron chi connectivity index (χ2n) is 4.99. The first kappa shape index (κ1) is 13.0. The van der Waals surface area contributed by atoms with Gasteiger partial charge in [-0.3, -0.25) is 0 Å². The summed E-state index contributed by atoms with van der Waals surface area (Å²) in [4.78, 5) is 13.9. The molecule has 4 nitrogen and oxygen atoms in total. The van der Waals surface area contributed by atoms with E-state index in [0.29, 0.717) is 12.6 Å². The Kier molecular flexibility index (Phi) is 4.67. The standard InChI is InChI=1S/C14H22N2O2/c1-16(12-7-4-2-3-5-8-12)14(17)15-11-13-9-6-10-18-13/h6,9-10,12H,2-5,7-8,11H2,1H3,(H,15,17). The molecule has 0 unspecified atom stereocenters. The average Bonchev–Trinajstić information content (AvgIpc) is 2.75. The van der Waals surface area contributed by atoms with Crippen LogP contribution in [0, 0.1) is 0 Å². The largest absolute Gasteiger partial charge is 0.467 e. The topological polar surface area (TPSA) is 45.5 Å². The Labute approximate surface area is 108 Å². The van der Waals surface area contributed by atoms with E-state index in [4.69, 9.17) is 4.42 Å². The third-order valence-corrected chi connectivity index (χ3v) is 3.69. The summed E-state index contributed by atoms with van der Waals surface area (Å²) in [5.41, 5.74) is 0. The zero-order chi connectivity index (χ0) is 12.8. The number of carbonyl (C=O) groups is 1. The molecule has 1 aromatic rings. The van der Waals surface area contributed by atoms with Gasteiger partial charge in [-0.15, -0.1) is 0 Å². The van der Waals surface area contributed by atoms with E-state index in [2.05, 4.69) is 5.32 Å². The van der Waals surface area contributed by atoms with Crippen molar-refractivity contribution < 1.29 is 9.21 Å². The summed E-state index contributed by atoms with van der Waals surface area (Å²) >= 11 is 0. The van der Waals surface area contributed by atoms with E-state index in [0.717, 1.165) is 18.6 Å². The van der Waals surface area contributed by atoms with Gasteiger partial charge in [0.25, 0.3) is 0 Å². The molecule has 1 fully saturated rings. The van der Waals surface area contributed by atoms with Gasteiger partial charge in [0.15, 0.2) is 0 Å². The SMILES string of the molecule is CN(C(=O)NCc1ccco1)C1CCCCCC1. The van der Waals surface area contributed by atoms with Crippen molar-refractivity contribution in [3.05, 3.63) is 24.2 Å². The van der Waals surface area contributed by atoms with Crippen molar-refractivity contribution in [1.29, 1.82) is 0 Å². The number of rotatable bonds is 3. The quantitative estimate of drug-likeness (QED) is 0.838. The zero-order valence-electron chi connectivity index (χ0n) is 11.0. The number of carbonyl (C=O) groups excluding carboxylic acids is 1. The van der Waals surface area contributed by atoms with Gasteiger partial charge in [0.1, 0.15) is 5.76 Å². The molecule has 2 amide bonds. The molecule has 0 aliphatic heterocycles. The van der Waals surface area contributed by atoms with Crippen LogP contribution < -0.4 is 5.32 Å². The van der Waals surface area contributed by atoms with E-state index in [1.54, 1.807) is 6.26 Å². The van der Waals surface area contributed by atoms with E-state index >= 15 is 0 Å². The molecule has 1 aliphatic rings. The van der Waals surface area contributed by atoms with E-state index < -0.39 is 0 Å². The Morgan fingerprint density at radius 1 is 1.39 bits per heavy atom. The van der Waals surface area contributed by atoms with E-state index in [1.165, 1.54) is 25.7 Å². The third-order valence-electron chi connectivity index (χ3n) is 3.69. The molecule has 0 spiro atoms. The molecule has 0 bridgehead atoms. The summed E-state index contributed by atoms with van der Waals surface area (Å²) in [5.74, 6) is 0.789. The molecule has 1 aliphatic carbocycles. The number of nitrogens with one attached hydrogen (secondary N) is 1. The normalized spacial score (nSPS) is 17.2. The number of hydrogen-bond acceptors (Lipinski definition) is 2. The molecule has 1 aromatic heterocycles. The molecule has 0 atom stereocenters. The summed E-state index contributed by atoms with van der Waals surface area (Å²) in [5, 5.41) is 2.90. The second kappa shape index (κ2) is 6.47. The van der Waals surface area contributed by atoms with Crippen molar-refractivity contribution in [2.75, 3.05) is 7.05 Å². The Bertz CT molecular complexity index is 354. The lowest BCUT2D eigenvalue weighted by Crippen LogP contribution is -2.43. The van der Waals surface area contributed by atoms with Crippen LogP contribution in [0.4, 0.5) is 4.79 Å². The van der Waals surface area contributed by atoms with Crippen molar-refractivity contribution in [3.8, 4) is 0 Å². The summed E-state index contributed by atoms with van der Waals surface area (Å²) in [6.45, 7) is 0.461. The molecule has 0 aromatic carbocycles. The molecule has 18 heavy (non-hydrogen) atoms. The zero-order valence-corrected chi connectivity index (χ0v) is 11.0. The first-order valence-corrected chi connectivity index (χ1v) is 6.80. The maximum absolute atomic E-state index is 12.0. The fraction of sp³-hybridized carbons (Fsp3) is 0.643. The number of nitrogens with zero attached hydrogens (tertiary/aromatic N) is 1. The van der Waals surface area contributed by atoms with Crippen LogP contribution >= 0.6 is 0 Å². The summed E-state index contributed by atoms with van der Waals surface area (Å²) in [6, 6.07) is 4.09. The minimum Gasteiger partial charge on any atom is -0.467 e. The van der Waals surface area contributed by atoms with Gasteiger partial charge in [-0.2, -0.15) is 0 Å². The lowest BCUT2D eigenvalue weighted by molar-refractivity contribution is 0.183. The smallest absolute Gasteiger partial charge is 0.317 e. The monoisotopic (exact) mass is 250 g/mol. The number of furan rings is 1. The van der Waals surface area contributed by atoms with Gasteiger partial charge in [0.2, 0.25) is 0 Å². The number of hydrogen-bond donors (Lipinski definition) is 1. The summed E-state index contributed by atoms with van der Waals surface area (Å²) in [6.07, 6.45) is 8.96. The van der Waals surface area contributed by atoms with Gasteiger partial charge in [-0.1, -0.05) is 25.7 Å². The predicted octanol–water partition coefficient (Wildman–Crippen LogP) is 3.14. The Morgan fingerprint density at radius 2 is 2.11 bits per heavy atom. The average molecular weight is 250 g/mol. The highest BCUT2D eigenvalue weighted by atomic mass is 16.3. The van der Waals surface area contributed by atoms with Gasteiger partial charge < -0.3 is 14.6 Å². The highest BCUT2D eigenvalue weighted by Crippen LogP contribution is 2.21. The van der Waals surface area contributed by atoms with Crippen LogP contribution in [0.25, 0.3) is 0 Å². The minimum absolute atomic E-state index is 0.00157. The van der Waals surface area contributed by atoms with E-state index in [9.17, 15) is 4.79 Å². The summed E-state index contributed by atoms with van der Waals surface area (Å²) < 4.78 is 5.20. The maximum Gasteiger partial charge on any atom is 0.317 e. The highest BCUT2D eigenvalue weighted by Gasteiger charge is 2.20. The summed E-state index contributed by atoms with van der Waals surface area (Å²) in [7, 11) is 1.90. The van der Waals surface area contributed by atoms with Crippen molar-refractivity contribution in [1.82, 2.24) is 10.2 Å². The first-order chi connectivity index (χ1) is 8.77. The van der Waals surface area contributed by atoms with Crippen molar-refractivity contribution in [2.45, 2.75) is 51.1 Å². The first-order valence-electron chi connectivity index (χ1n) is 6.80. The maximum atomic E-state index is 12.0. The molecule has 0 radical (unpaired) electrons.